The highest BCUT2D eigenvalue weighted by Crippen LogP contribution is 2.35. The number of carbonyl (C=O) groups excluding carboxylic acids is 1. The average molecular weight is 379 g/mol. The molecule has 0 radical (unpaired) electrons. The zero-order valence-corrected chi connectivity index (χ0v) is 14.7. The van der Waals surface area contributed by atoms with E-state index in [0.29, 0.717) is 23.2 Å². The van der Waals surface area contributed by atoms with E-state index in [2.05, 4.69) is 14.7 Å². The van der Waals surface area contributed by atoms with Gasteiger partial charge >= 0.3 is 12.1 Å². The molecule has 1 amide bonds. The van der Waals surface area contributed by atoms with E-state index >= 15 is 0 Å². The third-order valence-corrected chi connectivity index (χ3v) is 5.20. The van der Waals surface area contributed by atoms with Gasteiger partial charge in [0.1, 0.15) is 0 Å². The molecule has 2 aliphatic rings. The topological polar surface area (TPSA) is 59.2 Å². The Morgan fingerprint density at radius 2 is 1.63 bits per heavy atom. The van der Waals surface area contributed by atoms with E-state index in [-0.39, 0.29) is 11.7 Å². The molecule has 0 atom stereocenters. The Hall–Kier alpha value is -2.38. The number of halogens is 3. The Morgan fingerprint density at radius 1 is 1.00 bits per heavy atom. The third kappa shape index (κ3) is 3.84. The summed E-state index contributed by atoms with van der Waals surface area (Å²) in [4.78, 5) is 18.4. The van der Waals surface area contributed by atoms with E-state index in [1.54, 1.807) is 24.3 Å². The molecule has 1 aromatic heterocycles. The summed E-state index contributed by atoms with van der Waals surface area (Å²) in [5.74, 6) is -1.53. The van der Waals surface area contributed by atoms with Crippen molar-refractivity contribution in [1.82, 2.24) is 15.0 Å². The second-order valence-electron chi connectivity index (χ2n) is 7.23. The van der Waals surface area contributed by atoms with Crippen LogP contribution in [-0.4, -0.2) is 33.0 Å². The summed E-state index contributed by atoms with van der Waals surface area (Å²) in [5, 5.41) is 3.37. The predicted octanol–water partition coefficient (Wildman–Crippen LogP) is 4.69. The Morgan fingerprint density at radius 3 is 2.19 bits per heavy atom. The van der Waals surface area contributed by atoms with E-state index in [1.165, 1.54) is 6.42 Å². The van der Waals surface area contributed by atoms with Crippen molar-refractivity contribution in [2.75, 3.05) is 0 Å². The van der Waals surface area contributed by atoms with Crippen LogP contribution in [0, 0.1) is 0 Å². The van der Waals surface area contributed by atoms with E-state index in [9.17, 15) is 18.0 Å². The maximum atomic E-state index is 13.0. The summed E-state index contributed by atoms with van der Waals surface area (Å²) in [6.45, 7) is 0. The summed E-state index contributed by atoms with van der Waals surface area (Å²) >= 11 is 0. The molecule has 1 heterocycles. The molecule has 8 heteroatoms. The predicted molar refractivity (Wildman–Crippen MR) is 90.8 cm³/mol. The second kappa shape index (κ2) is 6.98. The Kier molecular flexibility index (Phi) is 4.65. The van der Waals surface area contributed by atoms with Crippen LogP contribution in [0.25, 0.3) is 11.4 Å². The maximum absolute atomic E-state index is 13.0. The maximum Gasteiger partial charge on any atom is 0.471 e. The van der Waals surface area contributed by atoms with E-state index in [1.807, 2.05) is 4.90 Å². The lowest BCUT2D eigenvalue weighted by Gasteiger charge is -2.34. The zero-order valence-electron chi connectivity index (χ0n) is 14.7. The highest BCUT2D eigenvalue weighted by molar-refractivity contribution is 5.95. The lowest BCUT2D eigenvalue weighted by atomic mass is 9.93. The average Bonchev–Trinajstić information content (AvgIpc) is 3.35. The first-order chi connectivity index (χ1) is 12.9. The molecule has 27 heavy (non-hydrogen) atoms. The van der Waals surface area contributed by atoms with Gasteiger partial charge in [0, 0.05) is 23.2 Å². The third-order valence-electron chi connectivity index (χ3n) is 5.20. The first kappa shape index (κ1) is 18.0. The minimum Gasteiger partial charge on any atom is -0.333 e. The number of benzene rings is 1. The van der Waals surface area contributed by atoms with Crippen molar-refractivity contribution in [2.24, 2.45) is 0 Å². The molecule has 2 aromatic rings. The summed E-state index contributed by atoms with van der Waals surface area (Å²) in [7, 11) is 0. The molecule has 2 aliphatic carbocycles. The fourth-order valence-corrected chi connectivity index (χ4v) is 3.71. The first-order valence-corrected chi connectivity index (χ1v) is 9.27. The highest BCUT2D eigenvalue weighted by Gasteiger charge is 2.39. The van der Waals surface area contributed by atoms with E-state index in [0.717, 1.165) is 38.5 Å². The van der Waals surface area contributed by atoms with Gasteiger partial charge in [-0.05, 0) is 37.8 Å². The number of carbonyl (C=O) groups is 1. The summed E-state index contributed by atoms with van der Waals surface area (Å²) in [6, 6.07) is 6.99. The molecule has 0 saturated heterocycles. The van der Waals surface area contributed by atoms with Gasteiger partial charge in [-0.2, -0.15) is 18.2 Å². The molecule has 5 nitrogen and oxygen atoms in total. The molecule has 1 aromatic carbocycles. The Bertz CT molecular complexity index is 806. The van der Waals surface area contributed by atoms with Crippen molar-refractivity contribution in [2.45, 2.75) is 63.2 Å². The van der Waals surface area contributed by atoms with Crippen LogP contribution in [0.15, 0.2) is 28.8 Å². The van der Waals surface area contributed by atoms with Crippen LogP contribution in [-0.2, 0) is 6.18 Å². The van der Waals surface area contributed by atoms with E-state index in [4.69, 9.17) is 0 Å². The summed E-state index contributed by atoms with van der Waals surface area (Å²) in [5.41, 5.74) is 0.914. The molecule has 144 valence electrons. The van der Waals surface area contributed by atoms with Crippen LogP contribution < -0.4 is 0 Å². The first-order valence-electron chi connectivity index (χ1n) is 9.27. The zero-order chi connectivity index (χ0) is 19.0. The number of amides is 1. The highest BCUT2D eigenvalue weighted by atomic mass is 19.4. The van der Waals surface area contributed by atoms with Gasteiger partial charge in [-0.3, -0.25) is 4.79 Å². The molecule has 0 bridgehead atoms. The van der Waals surface area contributed by atoms with Crippen LogP contribution >= 0.6 is 0 Å². The largest absolute Gasteiger partial charge is 0.471 e. The quantitative estimate of drug-likeness (QED) is 0.773. The van der Waals surface area contributed by atoms with Gasteiger partial charge in [-0.25, -0.2) is 0 Å². The van der Waals surface area contributed by atoms with Gasteiger partial charge in [0.05, 0.1) is 0 Å². The van der Waals surface area contributed by atoms with Gasteiger partial charge in [-0.1, -0.05) is 36.6 Å². The molecule has 0 unspecified atom stereocenters. The number of nitrogens with zero attached hydrogens (tertiary/aromatic N) is 3. The van der Waals surface area contributed by atoms with Crippen molar-refractivity contribution >= 4 is 5.91 Å². The van der Waals surface area contributed by atoms with Crippen molar-refractivity contribution in [3.63, 3.8) is 0 Å². The molecular weight excluding hydrogens is 359 g/mol. The monoisotopic (exact) mass is 379 g/mol. The van der Waals surface area contributed by atoms with Crippen molar-refractivity contribution in [3.8, 4) is 11.4 Å². The molecule has 0 N–H and O–H groups in total. The van der Waals surface area contributed by atoms with Gasteiger partial charge in [0.15, 0.2) is 0 Å². The van der Waals surface area contributed by atoms with E-state index < -0.39 is 12.1 Å². The van der Waals surface area contributed by atoms with Gasteiger partial charge < -0.3 is 9.42 Å². The smallest absolute Gasteiger partial charge is 0.333 e. The Balaban J connectivity index is 1.52. The minimum absolute atomic E-state index is 0.0000394. The van der Waals surface area contributed by atoms with Crippen LogP contribution in [0.5, 0.6) is 0 Å². The number of alkyl halides is 3. The number of rotatable bonds is 4. The van der Waals surface area contributed by atoms with Crippen molar-refractivity contribution in [3.05, 3.63) is 35.7 Å². The number of aromatic nitrogens is 2. The van der Waals surface area contributed by atoms with Crippen LogP contribution in [0.2, 0.25) is 0 Å². The van der Waals surface area contributed by atoms with Gasteiger partial charge in [0.2, 0.25) is 5.82 Å². The summed E-state index contributed by atoms with van der Waals surface area (Å²) in [6.07, 6.45) is 3.03. The summed E-state index contributed by atoms with van der Waals surface area (Å²) < 4.78 is 42.0. The molecule has 0 aliphatic heterocycles. The SMILES string of the molecule is O=C(c1ccc(-c2noc(C(F)(F)F)n2)cc1)N(C1CCCCC1)C1CC1. The second-order valence-corrected chi connectivity index (χ2v) is 7.23. The van der Waals surface area contributed by atoms with Crippen LogP contribution in [0.1, 0.15) is 61.2 Å². The minimum atomic E-state index is -4.67. The molecule has 2 saturated carbocycles. The van der Waals surface area contributed by atoms with Crippen molar-refractivity contribution < 1.29 is 22.5 Å². The number of hydrogen-bond donors (Lipinski definition) is 0. The lowest BCUT2D eigenvalue weighted by Crippen LogP contribution is -2.43. The number of hydrogen-bond acceptors (Lipinski definition) is 4. The molecule has 2 fully saturated rings. The van der Waals surface area contributed by atoms with Crippen LogP contribution in [0.4, 0.5) is 13.2 Å². The Labute approximate surface area is 154 Å². The van der Waals surface area contributed by atoms with Gasteiger partial charge in [0.25, 0.3) is 5.91 Å². The fourth-order valence-electron chi connectivity index (χ4n) is 3.71. The molecule has 4 rings (SSSR count). The molecular formula is C19H20F3N3O2. The van der Waals surface area contributed by atoms with Crippen LogP contribution in [0.3, 0.4) is 0 Å². The standard InChI is InChI=1S/C19H20F3N3O2/c20-19(21,22)18-23-16(24-27-18)12-6-8-13(9-7-12)17(26)25(15-10-11-15)14-4-2-1-3-5-14/h6-9,14-15H,1-5,10-11H2. The van der Waals surface area contributed by atoms with Crippen molar-refractivity contribution in [1.29, 1.82) is 0 Å². The lowest BCUT2D eigenvalue weighted by molar-refractivity contribution is -0.159. The normalized spacial score (nSPS) is 18.5. The fraction of sp³-hybridized carbons (Fsp3) is 0.526. The molecule has 0 spiro atoms. The van der Waals surface area contributed by atoms with Gasteiger partial charge in [-0.15, -0.1) is 0 Å².